The molecule has 0 saturated heterocycles. The maximum Gasteiger partial charge on any atom is 0.325 e. The third kappa shape index (κ3) is 4.86. The molecule has 5 heteroatoms. The Hall–Kier alpha value is 0.500. The standard InChI is InChI=1S/C6H16NO2PS/c1-4-5-6-7-10(8,9-2)11-3/h4-6H2,1-3H3,(H,7,8). The van der Waals surface area contributed by atoms with E-state index in [0.717, 1.165) is 19.4 Å². The zero-order valence-electron chi connectivity index (χ0n) is 7.29. The van der Waals surface area contributed by atoms with Gasteiger partial charge in [-0.2, -0.15) is 0 Å². The largest absolute Gasteiger partial charge is 0.325 e. The highest BCUT2D eigenvalue weighted by Gasteiger charge is 2.17. The molecular weight excluding hydrogens is 181 g/mol. The maximum absolute atomic E-state index is 11.5. The van der Waals surface area contributed by atoms with Crippen molar-refractivity contribution in [3.05, 3.63) is 0 Å². The predicted molar refractivity (Wildman–Crippen MR) is 51.0 cm³/mol. The van der Waals surface area contributed by atoms with Crippen molar-refractivity contribution in [2.75, 3.05) is 19.9 Å². The summed E-state index contributed by atoms with van der Waals surface area (Å²) in [5, 5.41) is 2.89. The van der Waals surface area contributed by atoms with E-state index >= 15 is 0 Å². The van der Waals surface area contributed by atoms with E-state index in [0.29, 0.717) is 0 Å². The van der Waals surface area contributed by atoms with Gasteiger partial charge < -0.3 is 4.52 Å². The van der Waals surface area contributed by atoms with E-state index in [9.17, 15) is 4.57 Å². The average molecular weight is 197 g/mol. The summed E-state index contributed by atoms with van der Waals surface area (Å²) in [6.45, 7) is 0.318. The first-order valence-corrected chi connectivity index (χ1v) is 7.10. The minimum atomic E-state index is -2.54. The molecule has 1 atom stereocenters. The molecule has 0 heterocycles. The van der Waals surface area contributed by atoms with Crippen LogP contribution in [-0.2, 0) is 9.09 Å². The lowest BCUT2D eigenvalue weighted by Gasteiger charge is -2.13. The Morgan fingerprint density at radius 2 is 2.27 bits per heavy atom. The van der Waals surface area contributed by atoms with Gasteiger partial charge in [-0.3, -0.25) is 4.57 Å². The van der Waals surface area contributed by atoms with Crippen LogP contribution in [0.15, 0.2) is 0 Å². The van der Waals surface area contributed by atoms with Crippen LogP contribution in [0.5, 0.6) is 0 Å². The molecular formula is C6H16NO2PS. The van der Waals surface area contributed by atoms with Crippen molar-refractivity contribution in [3.63, 3.8) is 0 Å². The van der Waals surface area contributed by atoms with E-state index in [1.165, 1.54) is 18.5 Å². The first-order chi connectivity index (χ1) is 5.18. The summed E-state index contributed by atoms with van der Waals surface area (Å²) in [5.41, 5.74) is 0. The zero-order chi connectivity index (χ0) is 8.74. The van der Waals surface area contributed by atoms with E-state index in [1.54, 1.807) is 6.26 Å². The summed E-state index contributed by atoms with van der Waals surface area (Å²) in [5.74, 6) is 0. The molecule has 0 aliphatic rings. The minimum absolute atomic E-state index is 0.766. The van der Waals surface area contributed by atoms with Crippen LogP contribution in [0.2, 0.25) is 0 Å². The number of nitrogens with one attached hydrogen (secondary N) is 1. The lowest BCUT2D eigenvalue weighted by atomic mass is 10.3. The van der Waals surface area contributed by atoms with Crippen molar-refractivity contribution in [2.45, 2.75) is 19.8 Å². The molecule has 0 aromatic heterocycles. The Balaban J connectivity index is 3.61. The number of hydrogen-bond acceptors (Lipinski definition) is 3. The highest BCUT2D eigenvalue weighted by molar-refractivity contribution is 8.55. The van der Waals surface area contributed by atoms with Crippen LogP contribution in [0.3, 0.4) is 0 Å². The smallest absolute Gasteiger partial charge is 0.313 e. The van der Waals surface area contributed by atoms with Gasteiger partial charge in [0.2, 0.25) is 0 Å². The molecule has 0 amide bonds. The molecule has 0 aromatic carbocycles. The second kappa shape index (κ2) is 6.06. The summed E-state index contributed by atoms with van der Waals surface area (Å²) in [6, 6.07) is 0. The highest BCUT2D eigenvalue weighted by atomic mass is 32.7. The van der Waals surface area contributed by atoms with Gasteiger partial charge in [0.15, 0.2) is 0 Å². The van der Waals surface area contributed by atoms with Gasteiger partial charge in [0, 0.05) is 13.7 Å². The summed E-state index contributed by atoms with van der Waals surface area (Å²) in [4.78, 5) is 0. The monoisotopic (exact) mass is 197 g/mol. The topological polar surface area (TPSA) is 38.3 Å². The highest BCUT2D eigenvalue weighted by Crippen LogP contribution is 2.53. The molecule has 0 aromatic rings. The van der Waals surface area contributed by atoms with Crippen molar-refractivity contribution in [1.82, 2.24) is 5.09 Å². The van der Waals surface area contributed by atoms with Gasteiger partial charge in [-0.25, -0.2) is 5.09 Å². The number of rotatable bonds is 6. The molecule has 3 nitrogen and oxygen atoms in total. The quantitative estimate of drug-likeness (QED) is 0.524. The zero-order valence-corrected chi connectivity index (χ0v) is 9.00. The van der Waals surface area contributed by atoms with Gasteiger partial charge in [-0.15, -0.1) is 0 Å². The molecule has 68 valence electrons. The molecule has 1 unspecified atom stereocenters. The van der Waals surface area contributed by atoms with Crippen molar-refractivity contribution in [2.24, 2.45) is 0 Å². The second-order valence-corrected chi connectivity index (χ2v) is 6.70. The van der Waals surface area contributed by atoms with Crippen LogP contribution in [-0.4, -0.2) is 19.9 Å². The van der Waals surface area contributed by atoms with Gasteiger partial charge in [0.05, 0.1) is 0 Å². The maximum atomic E-state index is 11.5. The minimum Gasteiger partial charge on any atom is -0.313 e. The van der Waals surface area contributed by atoms with E-state index in [4.69, 9.17) is 4.52 Å². The molecule has 1 N–H and O–H groups in total. The van der Waals surface area contributed by atoms with Gasteiger partial charge >= 0.3 is 6.72 Å². The van der Waals surface area contributed by atoms with Crippen LogP contribution in [0.1, 0.15) is 19.8 Å². The average Bonchev–Trinajstić information content (AvgIpc) is 2.05. The van der Waals surface area contributed by atoms with Crippen molar-refractivity contribution >= 4 is 18.1 Å². The molecule has 0 radical (unpaired) electrons. The lowest BCUT2D eigenvalue weighted by Crippen LogP contribution is -2.10. The second-order valence-electron chi connectivity index (χ2n) is 2.12. The van der Waals surface area contributed by atoms with Crippen molar-refractivity contribution in [3.8, 4) is 0 Å². The fraction of sp³-hybridized carbons (Fsp3) is 1.00. The molecule has 0 fully saturated rings. The van der Waals surface area contributed by atoms with Crippen molar-refractivity contribution in [1.29, 1.82) is 0 Å². The SMILES string of the molecule is CCCCNP(=O)(OC)SC. The molecule has 11 heavy (non-hydrogen) atoms. The van der Waals surface area contributed by atoms with E-state index in [-0.39, 0.29) is 0 Å². The van der Waals surface area contributed by atoms with Crippen LogP contribution >= 0.6 is 18.1 Å². The molecule has 0 spiro atoms. The third-order valence-electron chi connectivity index (χ3n) is 1.32. The number of hydrogen-bond donors (Lipinski definition) is 1. The number of unbranched alkanes of at least 4 members (excludes halogenated alkanes) is 1. The Morgan fingerprint density at radius 1 is 1.64 bits per heavy atom. The third-order valence-corrected chi connectivity index (χ3v) is 5.17. The molecule has 0 bridgehead atoms. The Morgan fingerprint density at radius 3 is 2.64 bits per heavy atom. The molecule has 0 saturated carbocycles. The van der Waals surface area contributed by atoms with Crippen LogP contribution < -0.4 is 5.09 Å². The van der Waals surface area contributed by atoms with Crippen LogP contribution in [0.4, 0.5) is 0 Å². The van der Waals surface area contributed by atoms with E-state index in [2.05, 4.69) is 12.0 Å². The predicted octanol–water partition coefficient (Wildman–Crippen LogP) is 2.49. The summed E-state index contributed by atoms with van der Waals surface area (Å²) < 4.78 is 16.3. The Kier molecular flexibility index (Phi) is 6.34. The van der Waals surface area contributed by atoms with Gasteiger partial charge in [-0.1, -0.05) is 24.7 Å². The van der Waals surface area contributed by atoms with Gasteiger partial charge in [0.25, 0.3) is 0 Å². The van der Waals surface area contributed by atoms with Crippen LogP contribution in [0, 0.1) is 0 Å². The first kappa shape index (κ1) is 11.5. The Bertz CT molecular complexity index is 135. The van der Waals surface area contributed by atoms with Crippen molar-refractivity contribution < 1.29 is 9.09 Å². The summed E-state index contributed by atoms with van der Waals surface area (Å²) in [7, 11) is 1.47. The summed E-state index contributed by atoms with van der Waals surface area (Å²) >= 11 is 1.24. The molecule has 0 aliphatic carbocycles. The van der Waals surface area contributed by atoms with Gasteiger partial charge in [0.1, 0.15) is 0 Å². The van der Waals surface area contributed by atoms with E-state index < -0.39 is 6.72 Å². The Labute approximate surface area is 72.5 Å². The lowest BCUT2D eigenvalue weighted by molar-refractivity contribution is 0.398. The normalized spacial score (nSPS) is 16.3. The van der Waals surface area contributed by atoms with E-state index in [1.807, 2.05) is 0 Å². The fourth-order valence-corrected chi connectivity index (χ4v) is 2.54. The van der Waals surface area contributed by atoms with Crippen LogP contribution in [0.25, 0.3) is 0 Å². The molecule has 0 rings (SSSR count). The fourth-order valence-electron chi connectivity index (χ4n) is 0.596. The summed E-state index contributed by atoms with van der Waals surface area (Å²) in [6.07, 6.45) is 3.92. The molecule has 0 aliphatic heterocycles. The first-order valence-electron chi connectivity index (χ1n) is 3.65. The van der Waals surface area contributed by atoms with Gasteiger partial charge in [-0.05, 0) is 12.7 Å².